The van der Waals surface area contributed by atoms with E-state index < -0.39 is 12.9 Å². The van der Waals surface area contributed by atoms with Crippen LogP contribution in [0.4, 0.5) is 10.1 Å². The Kier molecular flexibility index (Phi) is 3.95. The van der Waals surface area contributed by atoms with Gasteiger partial charge in [0.25, 0.3) is 0 Å². The highest BCUT2D eigenvalue weighted by Gasteiger charge is 2.19. The number of nitrogens with zero attached hydrogens (tertiary/aromatic N) is 1. The summed E-state index contributed by atoms with van der Waals surface area (Å²) in [4.78, 5) is 2.17. The van der Waals surface area contributed by atoms with Crippen molar-refractivity contribution in [1.29, 1.82) is 0 Å². The number of para-hydroxylation sites is 1. The molecule has 1 aliphatic heterocycles. The summed E-state index contributed by atoms with van der Waals surface area (Å²) in [5, 5.41) is 18.1. The van der Waals surface area contributed by atoms with Crippen molar-refractivity contribution in [1.82, 2.24) is 0 Å². The molecule has 108 valence electrons. The minimum Gasteiger partial charge on any atom is -0.423 e. The summed E-state index contributed by atoms with van der Waals surface area (Å²) >= 11 is 0. The van der Waals surface area contributed by atoms with Crippen LogP contribution >= 0.6 is 0 Å². The summed E-state index contributed by atoms with van der Waals surface area (Å²) in [6.07, 6.45) is 2.12. The second-order valence-electron chi connectivity index (χ2n) is 5.38. The SMILES string of the molecule is OB(O)c1ccc(CN2CCCc3ccccc32)c(F)c1. The third-order valence-corrected chi connectivity index (χ3v) is 3.94. The molecular formula is C16H17BFNO2. The summed E-state index contributed by atoms with van der Waals surface area (Å²) in [7, 11) is -1.63. The van der Waals surface area contributed by atoms with Crippen molar-refractivity contribution in [3.63, 3.8) is 0 Å². The van der Waals surface area contributed by atoms with E-state index in [2.05, 4.69) is 17.0 Å². The molecule has 0 spiro atoms. The third kappa shape index (κ3) is 2.94. The fourth-order valence-corrected chi connectivity index (χ4v) is 2.83. The van der Waals surface area contributed by atoms with Gasteiger partial charge in [-0.3, -0.25) is 0 Å². The van der Waals surface area contributed by atoms with Gasteiger partial charge in [-0.15, -0.1) is 0 Å². The Labute approximate surface area is 123 Å². The number of halogens is 1. The average Bonchev–Trinajstić information content (AvgIpc) is 2.49. The quantitative estimate of drug-likeness (QED) is 0.839. The Hall–Kier alpha value is -1.85. The molecule has 21 heavy (non-hydrogen) atoms. The van der Waals surface area contributed by atoms with E-state index in [-0.39, 0.29) is 5.46 Å². The van der Waals surface area contributed by atoms with E-state index in [9.17, 15) is 4.39 Å². The third-order valence-electron chi connectivity index (χ3n) is 3.94. The van der Waals surface area contributed by atoms with Crippen LogP contribution in [0.1, 0.15) is 17.5 Å². The Bertz CT molecular complexity index is 648. The van der Waals surface area contributed by atoms with E-state index in [1.165, 1.54) is 11.6 Å². The molecule has 0 fully saturated rings. The number of benzene rings is 2. The Balaban J connectivity index is 1.85. The smallest absolute Gasteiger partial charge is 0.423 e. The minimum atomic E-state index is -1.63. The highest BCUT2D eigenvalue weighted by molar-refractivity contribution is 6.58. The van der Waals surface area contributed by atoms with Crippen molar-refractivity contribution in [2.45, 2.75) is 19.4 Å². The first kappa shape index (κ1) is 14.1. The predicted molar refractivity (Wildman–Crippen MR) is 82.0 cm³/mol. The second kappa shape index (κ2) is 5.88. The van der Waals surface area contributed by atoms with Crippen molar-refractivity contribution in [3.8, 4) is 0 Å². The van der Waals surface area contributed by atoms with Crippen LogP contribution in [0.2, 0.25) is 0 Å². The molecule has 0 aromatic heterocycles. The maximum absolute atomic E-state index is 14.1. The molecular weight excluding hydrogens is 268 g/mol. The van der Waals surface area contributed by atoms with E-state index in [4.69, 9.17) is 10.0 Å². The summed E-state index contributed by atoms with van der Waals surface area (Å²) in [6, 6.07) is 12.6. The second-order valence-corrected chi connectivity index (χ2v) is 5.38. The standard InChI is InChI=1S/C16H17BFNO2/c18-15-10-14(17(20)21)8-7-13(15)11-19-9-3-5-12-4-1-2-6-16(12)19/h1-2,4,6-8,10,20-21H,3,5,9,11H2. The molecule has 3 nitrogen and oxygen atoms in total. The number of hydrogen-bond donors (Lipinski definition) is 2. The van der Waals surface area contributed by atoms with Crippen LogP contribution in [0.3, 0.4) is 0 Å². The normalized spacial score (nSPS) is 14.0. The molecule has 1 heterocycles. The Morgan fingerprint density at radius 2 is 1.95 bits per heavy atom. The zero-order valence-corrected chi connectivity index (χ0v) is 11.7. The lowest BCUT2D eigenvalue weighted by Gasteiger charge is -2.31. The first-order chi connectivity index (χ1) is 10.1. The number of hydrogen-bond acceptors (Lipinski definition) is 3. The van der Waals surface area contributed by atoms with Gasteiger partial charge < -0.3 is 14.9 Å². The molecule has 0 radical (unpaired) electrons. The van der Waals surface area contributed by atoms with Crippen LogP contribution < -0.4 is 10.4 Å². The first-order valence-electron chi connectivity index (χ1n) is 7.12. The fourth-order valence-electron chi connectivity index (χ4n) is 2.83. The predicted octanol–water partition coefficient (Wildman–Crippen LogP) is 1.46. The molecule has 0 amide bonds. The van der Waals surface area contributed by atoms with Crippen LogP contribution in [0, 0.1) is 5.82 Å². The van der Waals surface area contributed by atoms with Gasteiger partial charge in [0.2, 0.25) is 0 Å². The van der Waals surface area contributed by atoms with Crippen LogP contribution in [0.25, 0.3) is 0 Å². The minimum absolute atomic E-state index is 0.176. The Morgan fingerprint density at radius 3 is 2.71 bits per heavy atom. The number of aryl methyl sites for hydroxylation is 1. The zero-order chi connectivity index (χ0) is 14.8. The topological polar surface area (TPSA) is 43.7 Å². The maximum atomic E-state index is 14.1. The highest BCUT2D eigenvalue weighted by atomic mass is 19.1. The molecule has 1 aliphatic rings. The summed E-state index contributed by atoms with van der Waals surface area (Å²) in [6.45, 7) is 1.39. The van der Waals surface area contributed by atoms with Crippen LogP contribution in [-0.4, -0.2) is 23.7 Å². The summed E-state index contributed by atoms with van der Waals surface area (Å²) in [5.74, 6) is -0.399. The van der Waals surface area contributed by atoms with Gasteiger partial charge in [-0.25, -0.2) is 4.39 Å². The van der Waals surface area contributed by atoms with Gasteiger partial charge in [0.15, 0.2) is 0 Å². The van der Waals surface area contributed by atoms with Gasteiger partial charge in [-0.2, -0.15) is 0 Å². The van der Waals surface area contributed by atoms with E-state index in [0.29, 0.717) is 12.1 Å². The summed E-state index contributed by atoms with van der Waals surface area (Å²) < 4.78 is 14.1. The van der Waals surface area contributed by atoms with E-state index in [1.807, 2.05) is 12.1 Å². The molecule has 3 rings (SSSR count). The lowest BCUT2D eigenvalue weighted by Crippen LogP contribution is -2.32. The highest BCUT2D eigenvalue weighted by Crippen LogP contribution is 2.28. The lowest BCUT2D eigenvalue weighted by atomic mass is 9.80. The van der Waals surface area contributed by atoms with E-state index in [0.717, 1.165) is 25.1 Å². The molecule has 2 aromatic carbocycles. The van der Waals surface area contributed by atoms with Crippen molar-refractivity contribution in [2.24, 2.45) is 0 Å². The first-order valence-corrected chi connectivity index (χ1v) is 7.12. The maximum Gasteiger partial charge on any atom is 0.488 e. The van der Waals surface area contributed by atoms with Crippen LogP contribution in [0.5, 0.6) is 0 Å². The lowest BCUT2D eigenvalue weighted by molar-refractivity contribution is 0.425. The van der Waals surface area contributed by atoms with Gasteiger partial charge in [-0.1, -0.05) is 30.3 Å². The van der Waals surface area contributed by atoms with E-state index in [1.54, 1.807) is 12.1 Å². The van der Waals surface area contributed by atoms with Gasteiger partial charge in [0, 0.05) is 24.3 Å². The summed E-state index contributed by atoms with van der Waals surface area (Å²) in [5.41, 5.74) is 3.20. The molecule has 0 aliphatic carbocycles. The van der Waals surface area contributed by atoms with Gasteiger partial charge in [0.1, 0.15) is 5.82 Å². The van der Waals surface area contributed by atoms with Crippen LogP contribution in [0.15, 0.2) is 42.5 Å². The molecule has 5 heteroatoms. The average molecular weight is 285 g/mol. The Morgan fingerprint density at radius 1 is 1.14 bits per heavy atom. The molecule has 0 atom stereocenters. The van der Waals surface area contributed by atoms with E-state index >= 15 is 0 Å². The van der Waals surface area contributed by atoms with Crippen molar-refractivity contribution >= 4 is 18.3 Å². The molecule has 0 saturated carbocycles. The fraction of sp³-hybridized carbons (Fsp3) is 0.250. The van der Waals surface area contributed by atoms with Crippen molar-refractivity contribution < 1.29 is 14.4 Å². The number of anilines is 1. The number of fused-ring (bicyclic) bond motifs is 1. The molecule has 0 unspecified atom stereocenters. The van der Waals surface area contributed by atoms with Gasteiger partial charge >= 0.3 is 7.12 Å². The van der Waals surface area contributed by atoms with Crippen molar-refractivity contribution in [2.75, 3.05) is 11.4 Å². The molecule has 2 N–H and O–H groups in total. The molecule has 0 saturated heterocycles. The van der Waals surface area contributed by atoms with Crippen LogP contribution in [-0.2, 0) is 13.0 Å². The van der Waals surface area contributed by atoms with Gasteiger partial charge in [-0.05, 0) is 36.0 Å². The van der Waals surface area contributed by atoms with Gasteiger partial charge in [0.05, 0.1) is 0 Å². The monoisotopic (exact) mass is 285 g/mol. The zero-order valence-electron chi connectivity index (χ0n) is 11.7. The molecule has 2 aromatic rings. The number of rotatable bonds is 3. The molecule has 0 bridgehead atoms. The largest absolute Gasteiger partial charge is 0.488 e. The van der Waals surface area contributed by atoms with Crippen molar-refractivity contribution in [3.05, 3.63) is 59.4 Å².